The largest absolute Gasteiger partial charge is 0.493 e. The number of ketones is 1. The second-order valence-electron chi connectivity index (χ2n) is 4.33. The first kappa shape index (κ1) is 14.9. The van der Waals surface area contributed by atoms with Gasteiger partial charge >= 0.3 is 0 Å². The zero-order valence-corrected chi connectivity index (χ0v) is 12.3. The van der Waals surface area contributed by atoms with E-state index in [2.05, 4.69) is 0 Å². The number of hydrogen-bond acceptors (Lipinski definition) is 2. The number of ether oxygens (including phenoxy) is 1. The maximum Gasteiger partial charge on any atom is 0.140 e. The third-order valence-corrected chi connectivity index (χ3v) is 3.54. The van der Waals surface area contributed by atoms with Crippen molar-refractivity contribution in [2.24, 2.45) is 0 Å². The lowest BCUT2D eigenvalue weighted by Gasteiger charge is -2.07. The maximum atomic E-state index is 11.9. The summed E-state index contributed by atoms with van der Waals surface area (Å²) in [6, 6.07) is 14.6. The predicted molar refractivity (Wildman–Crippen MR) is 81.7 cm³/mol. The lowest BCUT2D eigenvalue weighted by molar-refractivity contribution is -0.118. The van der Waals surface area contributed by atoms with Crippen molar-refractivity contribution in [2.75, 3.05) is 6.61 Å². The highest BCUT2D eigenvalue weighted by atomic mass is 35.5. The van der Waals surface area contributed by atoms with Gasteiger partial charge in [-0.15, -0.1) is 0 Å². The number of benzene rings is 2. The lowest BCUT2D eigenvalue weighted by atomic mass is 10.1. The molecule has 0 amide bonds. The molecule has 0 fully saturated rings. The van der Waals surface area contributed by atoms with Gasteiger partial charge in [0.1, 0.15) is 11.5 Å². The number of halogens is 2. The Morgan fingerprint density at radius 3 is 2.25 bits per heavy atom. The predicted octanol–water partition coefficient (Wildman–Crippen LogP) is 4.57. The van der Waals surface area contributed by atoms with Gasteiger partial charge in [0, 0.05) is 22.9 Å². The van der Waals surface area contributed by atoms with Gasteiger partial charge in [0.2, 0.25) is 0 Å². The van der Waals surface area contributed by atoms with Crippen molar-refractivity contribution in [3.05, 3.63) is 64.1 Å². The van der Waals surface area contributed by atoms with Gasteiger partial charge in [-0.1, -0.05) is 47.5 Å². The molecule has 0 unspecified atom stereocenters. The molecule has 2 nitrogen and oxygen atoms in total. The van der Waals surface area contributed by atoms with Crippen LogP contribution in [0.3, 0.4) is 0 Å². The van der Waals surface area contributed by atoms with Crippen LogP contribution in [-0.4, -0.2) is 12.4 Å². The van der Waals surface area contributed by atoms with Crippen molar-refractivity contribution in [3.63, 3.8) is 0 Å². The normalized spacial score (nSPS) is 10.3. The molecule has 0 aromatic heterocycles. The molecule has 0 spiro atoms. The van der Waals surface area contributed by atoms with Crippen LogP contribution in [0, 0.1) is 0 Å². The molecule has 0 bridgehead atoms. The van der Waals surface area contributed by atoms with Crippen LogP contribution in [0.2, 0.25) is 10.0 Å². The molecule has 2 aromatic carbocycles. The first-order chi connectivity index (χ1) is 9.66. The summed E-state index contributed by atoms with van der Waals surface area (Å²) in [5.74, 6) is 0.812. The van der Waals surface area contributed by atoms with Crippen LogP contribution in [0.5, 0.6) is 5.75 Å². The van der Waals surface area contributed by atoms with Gasteiger partial charge in [0.05, 0.1) is 6.61 Å². The average Bonchev–Trinajstić information content (AvgIpc) is 2.44. The zero-order valence-electron chi connectivity index (χ0n) is 10.8. The van der Waals surface area contributed by atoms with Gasteiger partial charge in [0.15, 0.2) is 0 Å². The Labute approximate surface area is 128 Å². The number of Topliss-reactive ketones (excluding diaryl/α,β-unsaturated/α-hetero) is 1. The highest BCUT2D eigenvalue weighted by Crippen LogP contribution is 2.25. The van der Waals surface area contributed by atoms with E-state index in [-0.39, 0.29) is 12.2 Å². The Kier molecular flexibility index (Phi) is 5.45. The molecular formula is C16H14Cl2O2. The second-order valence-corrected chi connectivity index (χ2v) is 5.14. The monoisotopic (exact) mass is 308 g/mol. The summed E-state index contributed by atoms with van der Waals surface area (Å²) < 4.78 is 5.49. The summed E-state index contributed by atoms with van der Waals surface area (Å²) in [5.41, 5.74) is 0.681. The molecule has 0 aliphatic carbocycles. The molecule has 0 aliphatic rings. The standard InChI is InChI=1S/C16H14Cl2O2/c17-15-7-4-8-16(18)14(15)11-12(19)9-10-20-13-5-2-1-3-6-13/h1-8H,9-11H2. The van der Waals surface area contributed by atoms with E-state index in [4.69, 9.17) is 27.9 Å². The quantitative estimate of drug-likeness (QED) is 0.781. The minimum absolute atomic E-state index is 0.0518. The van der Waals surface area contributed by atoms with Crippen LogP contribution in [0.1, 0.15) is 12.0 Å². The van der Waals surface area contributed by atoms with Crippen molar-refractivity contribution in [3.8, 4) is 5.75 Å². The molecule has 20 heavy (non-hydrogen) atoms. The van der Waals surface area contributed by atoms with Gasteiger partial charge in [-0.05, 0) is 29.8 Å². The van der Waals surface area contributed by atoms with E-state index in [1.807, 2.05) is 30.3 Å². The summed E-state index contributed by atoms with van der Waals surface area (Å²) in [4.78, 5) is 11.9. The fourth-order valence-electron chi connectivity index (χ4n) is 1.79. The summed E-state index contributed by atoms with van der Waals surface area (Å²) >= 11 is 12.1. The average molecular weight is 309 g/mol. The first-order valence-corrected chi connectivity index (χ1v) is 7.05. The van der Waals surface area contributed by atoms with E-state index < -0.39 is 0 Å². The fraction of sp³-hybridized carbons (Fsp3) is 0.188. The topological polar surface area (TPSA) is 26.3 Å². The lowest BCUT2D eigenvalue weighted by Crippen LogP contribution is -2.09. The fourth-order valence-corrected chi connectivity index (χ4v) is 2.32. The molecular weight excluding hydrogens is 295 g/mol. The molecule has 0 N–H and O–H groups in total. The maximum absolute atomic E-state index is 11.9. The Hall–Kier alpha value is -1.51. The smallest absolute Gasteiger partial charge is 0.140 e. The van der Waals surface area contributed by atoms with Crippen LogP contribution in [0.4, 0.5) is 0 Å². The number of carbonyl (C=O) groups excluding carboxylic acids is 1. The van der Waals surface area contributed by atoms with E-state index >= 15 is 0 Å². The molecule has 0 aliphatic heterocycles. The van der Waals surface area contributed by atoms with Crippen LogP contribution in [0.15, 0.2) is 48.5 Å². The molecule has 2 aromatic rings. The van der Waals surface area contributed by atoms with Gasteiger partial charge in [-0.2, -0.15) is 0 Å². The van der Waals surface area contributed by atoms with Gasteiger partial charge in [0.25, 0.3) is 0 Å². The molecule has 0 atom stereocenters. The molecule has 0 radical (unpaired) electrons. The van der Waals surface area contributed by atoms with Gasteiger partial charge < -0.3 is 4.74 Å². The summed E-state index contributed by atoms with van der Waals surface area (Å²) in [7, 11) is 0. The minimum Gasteiger partial charge on any atom is -0.493 e. The summed E-state index contributed by atoms with van der Waals surface area (Å²) in [6.07, 6.45) is 0.563. The highest BCUT2D eigenvalue weighted by molar-refractivity contribution is 6.36. The number of hydrogen-bond donors (Lipinski definition) is 0. The Morgan fingerprint density at radius 2 is 1.60 bits per heavy atom. The Morgan fingerprint density at radius 1 is 0.950 bits per heavy atom. The molecule has 2 rings (SSSR count). The summed E-state index contributed by atoms with van der Waals surface area (Å²) in [6.45, 7) is 0.352. The van der Waals surface area contributed by atoms with Crippen molar-refractivity contribution in [1.82, 2.24) is 0 Å². The van der Waals surface area contributed by atoms with Crippen molar-refractivity contribution < 1.29 is 9.53 Å². The zero-order chi connectivity index (χ0) is 14.4. The van der Waals surface area contributed by atoms with E-state index in [0.717, 1.165) is 5.75 Å². The van der Waals surface area contributed by atoms with Crippen LogP contribution in [0.25, 0.3) is 0 Å². The van der Waals surface area contributed by atoms with Crippen molar-refractivity contribution >= 4 is 29.0 Å². The summed E-state index contributed by atoms with van der Waals surface area (Å²) in [5, 5.41) is 1.05. The Bertz CT molecular complexity index is 562. The highest BCUT2D eigenvalue weighted by Gasteiger charge is 2.10. The molecule has 0 saturated heterocycles. The van der Waals surface area contributed by atoms with Crippen molar-refractivity contribution in [1.29, 1.82) is 0 Å². The third kappa shape index (κ3) is 4.26. The first-order valence-electron chi connectivity index (χ1n) is 6.29. The van der Waals surface area contributed by atoms with Crippen LogP contribution < -0.4 is 4.74 Å². The number of rotatable bonds is 6. The van der Waals surface area contributed by atoms with E-state index in [9.17, 15) is 4.79 Å². The molecule has 104 valence electrons. The number of carbonyl (C=O) groups is 1. The third-order valence-electron chi connectivity index (χ3n) is 2.83. The van der Waals surface area contributed by atoms with E-state index in [1.165, 1.54) is 0 Å². The molecule has 4 heteroatoms. The molecule has 0 heterocycles. The second kappa shape index (κ2) is 7.32. The SMILES string of the molecule is O=C(CCOc1ccccc1)Cc1c(Cl)cccc1Cl. The molecule has 0 saturated carbocycles. The Balaban J connectivity index is 1.84. The van der Waals surface area contributed by atoms with Crippen LogP contribution in [-0.2, 0) is 11.2 Å². The van der Waals surface area contributed by atoms with Gasteiger partial charge in [-0.3, -0.25) is 4.79 Å². The minimum atomic E-state index is 0.0518. The van der Waals surface area contributed by atoms with E-state index in [1.54, 1.807) is 18.2 Å². The number of para-hydroxylation sites is 1. The van der Waals surface area contributed by atoms with E-state index in [0.29, 0.717) is 28.6 Å². The van der Waals surface area contributed by atoms with Crippen LogP contribution >= 0.6 is 23.2 Å². The van der Waals surface area contributed by atoms with Gasteiger partial charge in [-0.25, -0.2) is 0 Å². The van der Waals surface area contributed by atoms with Crippen molar-refractivity contribution in [2.45, 2.75) is 12.8 Å².